The number of nitrogens with zero attached hydrogens (tertiary/aromatic N) is 2. The van der Waals surface area contributed by atoms with E-state index < -0.39 is 12.3 Å². The summed E-state index contributed by atoms with van der Waals surface area (Å²) in [6.45, 7) is 0. The van der Waals surface area contributed by atoms with E-state index in [0.717, 1.165) is 17.4 Å². The fraction of sp³-hybridized carbons (Fsp3) is 0.182. The smallest absolute Gasteiger partial charge is 0.406 e. The summed E-state index contributed by atoms with van der Waals surface area (Å²) in [5, 5.41) is 10.9. The number of anilines is 1. The molecular formula is C11H6F3N3O2S. The van der Waals surface area contributed by atoms with E-state index in [9.17, 15) is 18.0 Å². The molecule has 1 aromatic carbocycles. The maximum Gasteiger partial charge on any atom is 0.573 e. The zero-order valence-electron chi connectivity index (χ0n) is 9.69. The molecule has 5 nitrogen and oxygen atoms in total. The van der Waals surface area contributed by atoms with Gasteiger partial charge < -0.3 is 10.1 Å². The van der Waals surface area contributed by atoms with Crippen molar-refractivity contribution in [3.05, 3.63) is 18.2 Å². The first kappa shape index (κ1) is 14.1. The van der Waals surface area contributed by atoms with Gasteiger partial charge in [0.05, 0.1) is 16.3 Å². The van der Waals surface area contributed by atoms with Gasteiger partial charge in [-0.2, -0.15) is 5.26 Å². The van der Waals surface area contributed by atoms with Crippen molar-refractivity contribution in [1.82, 2.24) is 4.98 Å². The number of thiazole rings is 1. The third-order valence-corrected chi connectivity index (χ3v) is 3.01. The van der Waals surface area contributed by atoms with Crippen LogP contribution in [-0.2, 0) is 4.79 Å². The highest BCUT2D eigenvalue weighted by molar-refractivity contribution is 7.22. The molecule has 0 spiro atoms. The zero-order chi connectivity index (χ0) is 14.8. The van der Waals surface area contributed by atoms with Crippen LogP contribution in [0, 0.1) is 11.3 Å². The number of aromatic nitrogens is 1. The minimum Gasteiger partial charge on any atom is -0.406 e. The predicted octanol–water partition coefficient (Wildman–Crippen LogP) is 3.05. The average Bonchev–Trinajstić information content (AvgIpc) is 2.68. The number of carbonyl (C=O) groups excluding carboxylic acids is 1. The first-order valence-corrected chi connectivity index (χ1v) is 6.02. The largest absolute Gasteiger partial charge is 0.573 e. The van der Waals surface area contributed by atoms with Crippen LogP contribution in [0.25, 0.3) is 10.2 Å². The van der Waals surface area contributed by atoms with E-state index >= 15 is 0 Å². The topological polar surface area (TPSA) is 75.0 Å². The summed E-state index contributed by atoms with van der Waals surface area (Å²) < 4.78 is 40.5. The zero-order valence-corrected chi connectivity index (χ0v) is 10.5. The van der Waals surface area contributed by atoms with Crippen molar-refractivity contribution in [2.75, 3.05) is 5.32 Å². The van der Waals surface area contributed by atoms with E-state index in [1.165, 1.54) is 12.1 Å². The fourth-order valence-corrected chi connectivity index (χ4v) is 2.30. The maximum atomic E-state index is 12.1. The van der Waals surface area contributed by atoms with Crippen molar-refractivity contribution in [3.8, 4) is 11.8 Å². The molecule has 1 heterocycles. The molecule has 2 aromatic rings. The second-order valence-corrected chi connectivity index (χ2v) is 4.61. The number of benzene rings is 1. The third kappa shape index (κ3) is 3.58. The van der Waals surface area contributed by atoms with E-state index in [1.54, 1.807) is 6.07 Å². The lowest BCUT2D eigenvalue weighted by atomic mass is 10.3. The Morgan fingerprint density at radius 2 is 2.25 bits per heavy atom. The second-order valence-electron chi connectivity index (χ2n) is 3.58. The summed E-state index contributed by atoms with van der Waals surface area (Å²) in [5.41, 5.74) is 0.428. The number of alkyl halides is 3. The number of rotatable bonds is 3. The second kappa shape index (κ2) is 5.34. The molecule has 0 saturated carbocycles. The molecule has 0 aliphatic carbocycles. The van der Waals surface area contributed by atoms with Crippen molar-refractivity contribution in [2.45, 2.75) is 12.8 Å². The van der Waals surface area contributed by atoms with Crippen LogP contribution in [0.15, 0.2) is 18.2 Å². The maximum absolute atomic E-state index is 12.1. The van der Waals surface area contributed by atoms with Gasteiger partial charge in [-0.1, -0.05) is 11.3 Å². The van der Waals surface area contributed by atoms with Crippen LogP contribution in [0.5, 0.6) is 5.75 Å². The lowest BCUT2D eigenvalue weighted by molar-refractivity contribution is -0.274. The van der Waals surface area contributed by atoms with Gasteiger partial charge in [0.25, 0.3) is 0 Å². The summed E-state index contributed by atoms with van der Waals surface area (Å²) >= 11 is 0.992. The molecule has 1 N–H and O–H groups in total. The number of ether oxygens (including phenoxy) is 1. The van der Waals surface area contributed by atoms with E-state index in [4.69, 9.17) is 5.26 Å². The van der Waals surface area contributed by atoms with Gasteiger partial charge >= 0.3 is 6.36 Å². The molecule has 20 heavy (non-hydrogen) atoms. The first-order valence-electron chi connectivity index (χ1n) is 5.20. The normalized spacial score (nSPS) is 11.1. The molecule has 0 saturated heterocycles. The molecule has 0 fully saturated rings. The molecular weight excluding hydrogens is 295 g/mol. The van der Waals surface area contributed by atoms with Crippen LogP contribution in [-0.4, -0.2) is 17.3 Å². The Morgan fingerprint density at radius 1 is 1.50 bits per heavy atom. The van der Waals surface area contributed by atoms with Crippen molar-refractivity contribution in [2.24, 2.45) is 0 Å². The molecule has 0 unspecified atom stereocenters. The number of carbonyl (C=O) groups is 1. The highest BCUT2D eigenvalue weighted by Gasteiger charge is 2.31. The Kier molecular flexibility index (Phi) is 3.76. The molecule has 9 heteroatoms. The van der Waals surface area contributed by atoms with Gasteiger partial charge in [0.15, 0.2) is 5.13 Å². The van der Waals surface area contributed by atoms with Gasteiger partial charge in [0.1, 0.15) is 12.2 Å². The Bertz CT molecular complexity index is 690. The molecule has 0 bridgehead atoms. The highest BCUT2D eigenvalue weighted by atomic mass is 32.1. The van der Waals surface area contributed by atoms with Gasteiger partial charge in [-0.3, -0.25) is 4.79 Å². The van der Waals surface area contributed by atoms with Gasteiger partial charge in [-0.15, -0.1) is 13.2 Å². The van der Waals surface area contributed by atoms with Crippen LogP contribution in [0.3, 0.4) is 0 Å². The molecule has 0 atom stereocenters. The van der Waals surface area contributed by atoms with Crippen molar-refractivity contribution < 1.29 is 22.7 Å². The predicted molar refractivity (Wildman–Crippen MR) is 65.2 cm³/mol. The van der Waals surface area contributed by atoms with E-state index in [0.29, 0.717) is 10.2 Å². The summed E-state index contributed by atoms with van der Waals surface area (Å²) in [5.74, 6) is -0.887. The molecule has 1 amide bonds. The van der Waals surface area contributed by atoms with E-state index in [-0.39, 0.29) is 17.3 Å². The van der Waals surface area contributed by atoms with E-state index in [2.05, 4.69) is 15.0 Å². The lowest BCUT2D eigenvalue weighted by Gasteiger charge is -2.07. The monoisotopic (exact) mass is 301 g/mol. The summed E-state index contributed by atoms with van der Waals surface area (Å²) in [6, 6.07) is 5.35. The standard InChI is InChI=1S/C11H6F3N3O2S/c12-11(13,14)19-6-1-2-7-8(5-6)20-10(16-7)17-9(18)3-4-15/h1-2,5H,3H2,(H,16,17,18). The van der Waals surface area contributed by atoms with Crippen molar-refractivity contribution >= 4 is 32.6 Å². The van der Waals surface area contributed by atoms with Crippen LogP contribution in [0.2, 0.25) is 0 Å². The molecule has 1 aromatic heterocycles. The van der Waals surface area contributed by atoms with Crippen LogP contribution in [0.1, 0.15) is 6.42 Å². The summed E-state index contributed by atoms with van der Waals surface area (Å²) in [6.07, 6.45) is -5.08. The van der Waals surface area contributed by atoms with Crippen LogP contribution < -0.4 is 10.1 Å². The number of nitrogens with one attached hydrogen (secondary N) is 1. The average molecular weight is 301 g/mol. The van der Waals surface area contributed by atoms with Crippen molar-refractivity contribution in [3.63, 3.8) is 0 Å². The van der Waals surface area contributed by atoms with Crippen LogP contribution in [0.4, 0.5) is 18.3 Å². The van der Waals surface area contributed by atoms with Crippen molar-refractivity contribution in [1.29, 1.82) is 5.26 Å². The molecule has 104 valence electrons. The minimum atomic E-state index is -4.76. The number of hydrogen-bond donors (Lipinski definition) is 1. The Morgan fingerprint density at radius 3 is 2.90 bits per heavy atom. The quantitative estimate of drug-likeness (QED) is 0.945. The van der Waals surface area contributed by atoms with Gasteiger partial charge in [-0.05, 0) is 12.1 Å². The molecule has 0 aliphatic heterocycles. The Labute approximate surface area is 114 Å². The lowest BCUT2D eigenvalue weighted by Crippen LogP contribution is -2.16. The van der Waals surface area contributed by atoms with Gasteiger partial charge in [-0.25, -0.2) is 4.98 Å². The fourth-order valence-electron chi connectivity index (χ4n) is 1.39. The SMILES string of the molecule is N#CCC(=O)Nc1nc2ccc(OC(F)(F)F)cc2s1. The number of halogens is 3. The number of fused-ring (bicyclic) bond motifs is 1. The Hall–Kier alpha value is -2.34. The number of amides is 1. The van der Waals surface area contributed by atoms with Gasteiger partial charge in [0.2, 0.25) is 5.91 Å². The van der Waals surface area contributed by atoms with E-state index in [1.807, 2.05) is 0 Å². The Balaban J connectivity index is 2.22. The molecule has 2 rings (SSSR count). The molecule has 0 radical (unpaired) electrons. The van der Waals surface area contributed by atoms with Crippen LogP contribution >= 0.6 is 11.3 Å². The number of nitriles is 1. The van der Waals surface area contributed by atoms with Gasteiger partial charge in [0, 0.05) is 6.07 Å². The molecule has 0 aliphatic rings. The number of hydrogen-bond acceptors (Lipinski definition) is 5. The summed E-state index contributed by atoms with van der Waals surface area (Å²) in [4.78, 5) is 15.2. The first-order chi connectivity index (χ1) is 9.37. The highest BCUT2D eigenvalue weighted by Crippen LogP contribution is 2.31. The summed E-state index contributed by atoms with van der Waals surface area (Å²) in [7, 11) is 0. The third-order valence-electron chi connectivity index (χ3n) is 2.08. The minimum absolute atomic E-state index is 0.212.